The molecule has 76 valence electrons. The van der Waals surface area contributed by atoms with E-state index in [0.717, 1.165) is 6.07 Å². The molecule has 1 rings (SSSR count). The van der Waals surface area contributed by atoms with Crippen LogP contribution >= 0.6 is 11.6 Å². The number of carbonyl (C=O) groups excluding carboxylic acids is 1. The summed E-state index contributed by atoms with van der Waals surface area (Å²) < 4.78 is 12.9. The number of benzene rings is 1. The maximum atomic E-state index is 12.9. The summed E-state index contributed by atoms with van der Waals surface area (Å²) in [5, 5.41) is -0.0158. The largest absolute Gasteiger partial charge is 0.274 e. The van der Waals surface area contributed by atoms with Gasteiger partial charge in [-0.2, -0.15) is 0 Å². The van der Waals surface area contributed by atoms with Crippen LogP contribution in [0.5, 0.6) is 0 Å². The second-order valence-corrected chi connectivity index (χ2v) is 2.90. The molecular weight excluding hydrogens is 209 g/mol. The summed E-state index contributed by atoms with van der Waals surface area (Å²) in [5.41, 5.74) is 2.31. The van der Waals surface area contributed by atoms with Gasteiger partial charge in [0.25, 0.3) is 5.91 Å². The van der Waals surface area contributed by atoms with Gasteiger partial charge in [-0.1, -0.05) is 11.6 Å². The third-order valence-electron chi connectivity index (χ3n) is 1.49. The molecule has 0 unspecified atom stereocenters. The van der Waals surface area contributed by atoms with E-state index in [9.17, 15) is 9.18 Å². The Bertz CT molecular complexity index is 344. The Kier molecular flexibility index (Phi) is 3.85. The molecule has 0 spiro atoms. The SMILES string of the molecule is CCONC(=O)c1ccc(Cl)c(F)c1. The van der Waals surface area contributed by atoms with Crippen LogP contribution in [-0.4, -0.2) is 12.5 Å². The number of amides is 1. The molecule has 1 N–H and O–H groups in total. The molecule has 1 aromatic rings. The zero-order valence-electron chi connectivity index (χ0n) is 7.51. The zero-order chi connectivity index (χ0) is 10.6. The van der Waals surface area contributed by atoms with Crippen molar-refractivity contribution in [2.24, 2.45) is 0 Å². The molecule has 0 fully saturated rings. The Morgan fingerprint density at radius 3 is 2.93 bits per heavy atom. The quantitative estimate of drug-likeness (QED) is 0.788. The van der Waals surface area contributed by atoms with Gasteiger partial charge >= 0.3 is 0 Å². The Balaban J connectivity index is 2.76. The van der Waals surface area contributed by atoms with Crippen molar-refractivity contribution in [2.45, 2.75) is 6.92 Å². The van der Waals surface area contributed by atoms with E-state index in [1.807, 2.05) is 0 Å². The van der Waals surface area contributed by atoms with Crippen LogP contribution in [0.15, 0.2) is 18.2 Å². The number of hydrogen-bond donors (Lipinski definition) is 1. The van der Waals surface area contributed by atoms with Crippen LogP contribution in [-0.2, 0) is 4.84 Å². The van der Waals surface area contributed by atoms with Crippen molar-refractivity contribution in [1.29, 1.82) is 0 Å². The van der Waals surface area contributed by atoms with Crippen molar-refractivity contribution >= 4 is 17.5 Å². The number of halogens is 2. The van der Waals surface area contributed by atoms with Crippen molar-refractivity contribution in [3.8, 4) is 0 Å². The number of hydroxylamine groups is 1. The van der Waals surface area contributed by atoms with E-state index in [2.05, 4.69) is 10.3 Å². The predicted molar refractivity (Wildman–Crippen MR) is 50.5 cm³/mol. The molecule has 0 heterocycles. The lowest BCUT2D eigenvalue weighted by atomic mass is 10.2. The zero-order valence-corrected chi connectivity index (χ0v) is 8.27. The van der Waals surface area contributed by atoms with Crippen LogP contribution in [0.1, 0.15) is 17.3 Å². The number of carbonyl (C=O) groups is 1. The van der Waals surface area contributed by atoms with Gasteiger partial charge in [0.1, 0.15) is 5.82 Å². The lowest BCUT2D eigenvalue weighted by molar-refractivity contribution is 0.0364. The number of hydrogen-bond acceptors (Lipinski definition) is 2. The van der Waals surface area contributed by atoms with Gasteiger partial charge < -0.3 is 0 Å². The molecule has 0 radical (unpaired) electrons. The fourth-order valence-corrected chi connectivity index (χ4v) is 0.952. The van der Waals surface area contributed by atoms with E-state index in [0.29, 0.717) is 6.61 Å². The molecule has 1 aromatic carbocycles. The molecule has 0 aliphatic carbocycles. The minimum Gasteiger partial charge on any atom is -0.274 e. The summed E-state index contributed by atoms with van der Waals surface area (Å²) in [5.74, 6) is -1.13. The van der Waals surface area contributed by atoms with Crippen LogP contribution in [0.2, 0.25) is 5.02 Å². The number of rotatable bonds is 3. The first-order chi connectivity index (χ1) is 6.65. The second-order valence-electron chi connectivity index (χ2n) is 2.49. The summed E-state index contributed by atoms with van der Waals surface area (Å²) in [6, 6.07) is 3.79. The molecule has 0 atom stereocenters. The minimum absolute atomic E-state index is 0.0158. The molecule has 3 nitrogen and oxygen atoms in total. The summed E-state index contributed by atoms with van der Waals surface area (Å²) in [7, 11) is 0. The molecule has 0 aromatic heterocycles. The van der Waals surface area contributed by atoms with Crippen LogP contribution in [0.4, 0.5) is 4.39 Å². The summed E-state index contributed by atoms with van der Waals surface area (Å²) in [6.07, 6.45) is 0. The Morgan fingerprint density at radius 1 is 1.64 bits per heavy atom. The van der Waals surface area contributed by atoms with Gasteiger partial charge in [-0.15, -0.1) is 0 Å². The average molecular weight is 218 g/mol. The second kappa shape index (κ2) is 4.93. The summed E-state index contributed by atoms with van der Waals surface area (Å²) in [4.78, 5) is 15.9. The molecule has 0 aliphatic rings. The van der Waals surface area contributed by atoms with Crippen LogP contribution in [0, 0.1) is 5.82 Å². The molecule has 0 saturated heterocycles. The fourth-order valence-electron chi connectivity index (χ4n) is 0.834. The molecule has 14 heavy (non-hydrogen) atoms. The van der Waals surface area contributed by atoms with Crippen molar-refractivity contribution < 1.29 is 14.0 Å². The van der Waals surface area contributed by atoms with Gasteiger partial charge in [0.05, 0.1) is 11.6 Å². The summed E-state index contributed by atoms with van der Waals surface area (Å²) in [6.45, 7) is 2.07. The Hall–Kier alpha value is -1.13. The van der Waals surface area contributed by atoms with Gasteiger partial charge in [-0.25, -0.2) is 9.87 Å². The average Bonchev–Trinajstić information content (AvgIpc) is 2.18. The van der Waals surface area contributed by atoms with E-state index in [-0.39, 0.29) is 10.6 Å². The van der Waals surface area contributed by atoms with Crippen molar-refractivity contribution in [3.63, 3.8) is 0 Å². The van der Waals surface area contributed by atoms with Gasteiger partial charge in [0.15, 0.2) is 0 Å². The first kappa shape index (κ1) is 10.9. The highest BCUT2D eigenvalue weighted by Gasteiger charge is 2.07. The molecule has 0 bridgehead atoms. The molecular formula is C9H9ClFNO2. The maximum absolute atomic E-state index is 12.9. The molecule has 5 heteroatoms. The van der Waals surface area contributed by atoms with E-state index < -0.39 is 11.7 Å². The van der Waals surface area contributed by atoms with Crippen LogP contribution in [0.25, 0.3) is 0 Å². The topological polar surface area (TPSA) is 38.3 Å². The van der Waals surface area contributed by atoms with Crippen molar-refractivity contribution in [2.75, 3.05) is 6.61 Å². The fraction of sp³-hybridized carbons (Fsp3) is 0.222. The van der Waals surface area contributed by atoms with Gasteiger partial charge in [-0.3, -0.25) is 9.63 Å². The molecule has 0 saturated carbocycles. The van der Waals surface area contributed by atoms with Gasteiger partial charge in [0.2, 0.25) is 0 Å². The van der Waals surface area contributed by atoms with Crippen molar-refractivity contribution in [1.82, 2.24) is 5.48 Å². The van der Waals surface area contributed by atoms with E-state index in [1.54, 1.807) is 6.92 Å². The lowest BCUT2D eigenvalue weighted by Gasteiger charge is -2.03. The minimum atomic E-state index is -0.629. The number of nitrogens with one attached hydrogen (secondary N) is 1. The van der Waals surface area contributed by atoms with E-state index in [4.69, 9.17) is 11.6 Å². The lowest BCUT2D eigenvalue weighted by Crippen LogP contribution is -2.23. The third-order valence-corrected chi connectivity index (χ3v) is 1.80. The summed E-state index contributed by atoms with van der Waals surface area (Å²) >= 11 is 5.45. The highest BCUT2D eigenvalue weighted by molar-refractivity contribution is 6.30. The van der Waals surface area contributed by atoms with Crippen LogP contribution in [0.3, 0.4) is 0 Å². The van der Waals surface area contributed by atoms with Crippen molar-refractivity contribution in [3.05, 3.63) is 34.6 Å². The highest BCUT2D eigenvalue weighted by atomic mass is 35.5. The first-order valence-electron chi connectivity index (χ1n) is 4.02. The van der Waals surface area contributed by atoms with Gasteiger partial charge in [0, 0.05) is 5.56 Å². The molecule has 0 aliphatic heterocycles. The van der Waals surface area contributed by atoms with Gasteiger partial charge in [-0.05, 0) is 25.1 Å². The van der Waals surface area contributed by atoms with Crippen LogP contribution < -0.4 is 5.48 Å². The first-order valence-corrected chi connectivity index (χ1v) is 4.40. The normalized spacial score (nSPS) is 9.93. The standard InChI is InChI=1S/C9H9ClFNO2/c1-2-14-12-9(13)6-3-4-7(10)8(11)5-6/h3-5H,2H2,1H3,(H,12,13). The Morgan fingerprint density at radius 2 is 2.36 bits per heavy atom. The van der Waals surface area contributed by atoms with E-state index in [1.165, 1.54) is 12.1 Å². The maximum Gasteiger partial charge on any atom is 0.274 e. The Labute approximate surface area is 85.8 Å². The molecule has 1 amide bonds. The smallest absolute Gasteiger partial charge is 0.274 e. The predicted octanol–water partition coefficient (Wildman–Crippen LogP) is 2.16. The highest BCUT2D eigenvalue weighted by Crippen LogP contribution is 2.15. The van der Waals surface area contributed by atoms with E-state index >= 15 is 0 Å². The third kappa shape index (κ3) is 2.68. The monoisotopic (exact) mass is 217 g/mol.